The summed E-state index contributed by atoms with van der Waals surface area (Å²) >= 11 is 17.3. The minimum absolute atomic E-state index is 0.103. The molecule has 2 aromatic carbocycles. The van der Waals surface area contributed by atoms with Crippen molar-refractivity contribution in [2.75, 3.05) is 0 Å². The molecule has 0 bridgehead atoms. The molecule has 0 aromatic heterocycles. The molecule has 0 heterocycles. The summed E-state index contributed by atoms with van der Waals surface area (Å²) < 4.78 is 13.0. The molecule has 92 valence electrons. The summed E-state index contributed by atoms with van der Waals surface area (Å²) in [5.74, 6) is -0.890. The van der Waals surface area contributed by atoms with Crippen LogP contribution >= 0.6 is 34.8 Å². The van der Waals surface area contributed by atoms with E-state index in [0.717, 1.165) is 6.07 Å². The monoisotopic (exact) mass is 302 g/mol. The van der Waals surface area contributed by atoms with Gasteiger partial charge in [-0.3, -0.25) is 4.79 Å². The number of benzene rings is 2. The summed E-state index contributed by atoms with van der Waals surface area (Å²) in [5.41, 5.74) is 0.606. The van der Waals surface area contributed by atoms with Gasteiger partial charge in [-0.1, -0.05) is 34.8 Å². The lowest BCUT2D eigenvalue weighted by molar-refractivity contribution is 0.103. The van der Waals surface area contributed by atoms with Crippen LogP contribution in [0.15, 0.2) is 36.4 Å². The number of hydrogen-bond acceptors (Lipinski definition) is 1. The highest BCUT2D eigenvalue weighted by atomic mass is 35.5. The zero-order valence-corrected chi connectivity index (χ0v) is 11.2. The molecule has 0 aliphatic rings. The van der Waals surface area contributed by atoms with Crippen LogP contribution in [0.3, 0.4) is 0 Å². The summed E-state index contributed by atoms with van der Waals surface area (Å²) in [6, 6.07) is 8.28. The first-order valence-corrected chi connectivity index (χ1v) is 6.06. The Kier molecular flexibility index (Phi) is 3.91. The SMILES string of the molecule is O=C(c1cc(Cl)cc(Cl)c1)c1ccc(F)c(Cl)c1. The lowest BCUT2D eigenvalue weighted by Crippen LogP contribution is -2.01. The maximum Gasteiger partial charge on any atom is 0.193 e. The molecule has 0 radical (unpaired) electrons. The Morgan fingerprint density at radius 3 is 2.06 bits per heavy atom. The van der Waals surface area contributed by atoms with Crippen molar-refractivity contribution >= 4 is 40.6 Å². The first-order valence-electron chi connectivity index (χ1n) is 4.93. The number of hydrogen-bond donors (Lipinski definition) is 0. The fourth-order valence-electron chi connectivity index (χ4n) is 1.49. The van der Waals surface area contributed by atoms with E-state index in [1.807, 2.05) is 0 Å². The third-order valence-electron chi connectivity index (χ3n) is 2.31. The fourth-order valence-corrected chi connectivity index (χ4v) is 2.20. The van der Waals surface area contributed by atoms with E-state index in [1.54, 1.807) is 0 Å². The van der Waals surface area contributed by atoms with Crippen molar-refractivity contribution < 1.29 is 9.18 Å². The first kappa shape index (κ1) is 13.3. The van der Waals surface area contributed by atoms with Gasteiger partial charge in [-0.25, -0.2) is 4.39 Å². The molecule has 18 heavy (non-hydrogen) atoms. The number of rotatable bonds is 2. The minimum atomic E-state index is -0.572. The highest BCUT2D eigenvalue weighted by Gasteiger charge is 2.12. The van der Waals surface area contributed by atoms with Crippen molar-refractivity contribution in [1.29, 1.82) is 0 Å². The number of carbonyl (C=O) groups is 1. The van der Waals surface area contributed by atoms with Crippen LogP contribution in [0.4, 0.5) is 4.39 Å². The van der Waals surface area contributed by atoms with Crippen molar-refractivity contribution in [2.24, 2.45) is 0 Å². The van der Waals surface area contributed by atoms with Crippen LogP contribution < -0.4 is 0 Å². The van der Waals surface area contributed by atoms with Gasteiger partial charge in [0.15, 0.2) is 5.78 Å². The largest absolute Gasteiger partial charge is 0.289 e. The van der Waals surface area contributed by atoms with Crippen LogP contribution in [0.25, 0.3) is 0 Å². The molecule has 0 aliphatic carbocycles. The average molecular weight is 304 g/mol. The lowest BCUT2D eigenvalue weighted by Gasteiger charge is -2.04. The Morgan fingerprint density at radius 2 is 1.50 bits per heavy atom. The summed E-state index contributed by atoms with van der Waals surface area (Å²) in [6.45, 7) is 0. The molecule has 0 fully saturated rings. The second-order valence-electron chi connectivity index (χ2n) is 3.62. The molecule has 5 heteroatoms. The molecule has 0 aliphatic heterocycles. The van der Waals surface area contributed by atoms with E-state index in [2.05, 4.69) is 0 Å². The van der Waals surface area contributed by atoms with Gasteiger partial charge in [0.1, 0.15) is 5.82 Å². The highest BCUT2D eigenvalue weighted by Crippen LogP contribution is 2.23. The standard InChI is InChI=1S/C13H6Cl3FO/c14-9-3-8(4-10(15)6-9)13(18)7-1-2-12(17)11(16)5-7/h1-6H. The van der Waals surface area contributed by atoms with Gasteiger partial charge in [-0.15, -0.1) is 0 Å². The van der Waals surface area contributed by atoms with Gasteiger partial charge in [0.2, 0.25) is 0 Å². The van der Waals surface area contributed by atoms with Crippen molar-refractivity contribution in [3.63, 3.8) is 0 Å². The van der Waals surface area contributed by atoms with Gasteiger partial charge in [0.05, 0.1) is 5.02 Å². The predicted molar refractivity (Wildman–Crippen MR) is 71.3 cm³/mol. The Hall–Kier alpha value is -1.09. The summed E-state index contributed by atoms with van der Waals surface area (Å²) in [4.78, 5) is 12.1. The summed E-state index contributed by atoms with van der Waals surface area (Å²) in [7, 11) is 0. The highest BCUT2D eigenvalue weighted by molar-refractivity contribution is 6.35. The molecule has 0 amide bonds. The lowest BCUT2D eigenvalue weighted by atomic mass is 10.0. The molecule has 0 spiro atoms. The van der Waals surface area contributed by atoms with Crippen LogP contribution in [-0.4, -0.2) is 5.78 Å². The maximum absolute atomic E-state index is 13.0. The number of carbonyl (C=O) groups excluding carboxylic acids is 1. The molecule has 0 N–H and O–H groups in total. The Labute approximate surface area is 118 Å². The molecule has 0 saturated heterocycles. The number of ketones is 1. The summed E-state index contributed by atoms with van der Waals surface area (Å²) in [6.07, 6.45) is 0. The van der Waals surface area contributed by atoms with Crippen molar-refractivity contribution in [3.8, 4) is 0 Å². The Morgan fingerprint density at radius 1 is 0.889 bits per heavy atom. The van der Waals surface area contributed by atoms with E-state index in [4.69, 9.17) is 34.8 Å². The number of halogens is 4. The zero-order valence-electron chi connectivity index (χ0n) is 8.88. The Bertz CT molecular complexity index is 605. The van der Waals surface area contributed by atoms with Crippen LogP contribution in [0, 0.1) is 5.82 Å². The normalized spacial score (nSPS) is 10.4. The quantitative estimate of drug-likeness (QED) is 0.712. The molecule has 1 nitrogen and oxygen atoms in total. The van der Waals surface area contributed by atoms with Crippen molar-refractivity contribution in [2.45, 2.75) is 0 Å². The van der Waals surface area contributed by atoms with Gasteiger partial charge in [0.25, 0.3) is 0 Å². The third kappa shape index (κ3) is 2.83. The van der Waals surface area contributed by atoms with Crippen LogP contribution in [-0.2, 0) is 0 Å². The van der Waals surface area contributed by atoms with Gasteiger partial charge < -0.3 is 0 Å². The second-order valence-corrected chi connectivity index (χ2v) is 4.90. The van der Waals surface area contributed by atoms with E-state index >= 15 is 0 Å². The van der Waals surface area contributed by atoms with E-state index in [0.29, 0.717) is 15.6 Å². The molecule has 0 unspecified atom stereocenters. The van der Waals surface area contributed by atoms with Crippen LogP contribution in [0.1, 0.15) is 15.9 Å². The first-order chi connectivity index (χ1) is 8.47. The van der Waals surface area contributed by atoms with E-state index in [1.165, 1.54) is 30.3 Å². The van der Waals surface area contributed by atoms with E-state index in [-0.39, 0.29) is 16.4 Å². The molecule has 0 saturated carbocycles. The van der Waals surface area contributed by atoms with Crippen molar-refractivity contribution in [1.82, 2.24) is 0 Å². The molecule has 2 rings (SSSR count). The van der Waals surface area contributed by atoms with Crippen LogP contribution in [0.5, 0.6) is 0 Å². The van der Waals surface area contributed by atoms with Crippen LogP contribution in [0.2, 0.25) is 15.1 Å². The molecule has 2 aromatic rings. The third-order valence-corrected chi connectivity index (χ3v) is 3.03. The fraction of sp³-hybridized carbons (Fsp3) is 0. The van der Waals surface area contributed by atoms with E-state index in [9.17, 15) is 9.18 Å². The van der Waals surface area contributed by atoms with Gasteiger partial charge in [-0.05, 0) is 36.4 Å². The summed E-state index contributed by atoms with van der Waals surface area (Å²) in [5, 5.41) is 0.618. The van der Waals surface area contributed by atoms with Gasteiger partial charge in [0, 0.05) is 21.2 Å². The van der Waals surface area contributed by atoms with Gasteiger partial charge in [-0.2, -0.15) is 0 Å². The average Bonchev–Trinajstić information content (AvgIpc) is 2.30. The smallest absolute Gasteiger partial charge is 0.193 e. The minimum Gasteiger partial charge on any atom is -0.289 e. The van der Waals surface area contributed by atoms with Gasteiger partial charge >= 0.3 is 0 Å². The zero-order chi connectivity index (χ0) is 13.3. The molecular weight excluding hydrogens is 297 g/mol. The van der Waals surface area contributed by atoms with E-state index < -0.39 is 5.82 Å². The molecule has 0 atom stereocenters. The van der Waals surface area contributed by atoms with Crippen molar-refractivity contribution in [3.05, 3.63) is 68.4 Å². The topological polar surface area (TPSA) is 17.1 Å². The maximum atomic E-state index is 13.0. The Balaban J connectivity index is 2.44. The molecular formula is C13H6Cl3FO. The predicted octanol–water partition coefficient (Wildman–Crippen LogP) is 5.02. The second kappa shape index (κ2) is 5.27.